The highest BCUT2D eigenvalue weighted by molar-refractivity contribution is 7.16. The van der Waals surface area contributed by atoms with Gasteiger partial charge < -0.3 is 19.5 Å². The number of carbonyl (C=O) groups is 2. The van der Waals surface area contributed by atoms with Crippen molar-refractivity contribution in [2.24, 2.45) is 13.0 Å². The number of nitrogens with zero attached hydrogens (tertiary/aromatic N) is 7. The van der Waals surface area contributed by atoms with Gasteiger partial charge in [0.2, 0.25) is 5.91 Å². The van der Waals surface area contributed by atoms with Crippen molar-refractivity contribution in [3.8, 4) is 10.4 Å². The third kappa shape index (κ3) is 5.74. The molecule has 0 unspecified atom stereocenters. The number of aryl methyl sites for hydroxylation is 1. The molecular formula is C34H35N7O4S. The summed E-state index contributed by atoms with van der Waals surface area (Å²) >= 11 is 1.35. The van der Waals surface area contributed by atoms with Crippen LogP contribution in [-0.4, -0.2) is 82.6 Å². The number of likely N-dealkylation sites (tertiary alicyclic amines) is 2. The molecule has 2 atom stereocenters. The van der Waals surface area contributed by atoms with E-state index in [4.69, 9.17) is 0 Å². The molecule has 0 saturated carbocycles. The SMILES string of the molecule is Cn1ccc2c(=O)n(CC3(O)CCN(C(=O)[C@@H]4CCN(C(=O)c5ncc(-c6cccnc6)s5)C[C@H]4c4ccccc4)CC3)cnc21. The van der Waals surface area contributed by atoms with Gasteiger partial charge in [0, 0.05) is 75.4 Å². The number of amides is 2. The minimum Gasteiger partial charge on any atom is -0.388 e. The molecule has 2 aliphatic heterocycles. The Morgan fingerprint density at radius 1 is 1.00 bits per heavy atom. The van der Waals surface area contributed by atoms with Crippen LogP contribution in [-0.2, 0) is 18.4 Å². The predicted octanol–water partition coefficient (Wildman–Crippen LogP) is 3.55. The van der Waals surface area contributed by atoms with Crippen LogP contribution < -0.4 is 5.56 Å². The summed E-state index contributed by atoms with van der Waals surface area (Å²) < 4.78 is 3.27. The number of rotatable bonds is 6. The Labute approximate surface area is 269 Å². The minimum absolute atomic E-state index is 0.0423. The lowest BCUT2D eigenvalue weighted by Crippen LogP contribution is -2.53. The average molecular weight is 638 g/mol. The second-order valence-corrected chi connectivity index (χ2v) is 13.4. The molecule has 0 aliphatic carbocycles. The maximum Gasteiger partial charge on any atom is 0.282 e. The summed E-state index contributed by atoms with van der Waals surface area (Å²) in [5.41, 5.74) is 1.23. The number of aliphatic hydroxyl groups is 1. The van der Waals surface area contributed by atoms with E-state index in [9.17, 15) is 19.5 Å². The van der Waals surface area contributed by atoms with Gasteiger partial charge in [-0.2, -0.15) is 0 Å². The van der Waals surface area contributed by atoms with Gasteiger partial charge in [0.25, 0.3) is 11.5 Å². The standard InChI is InChI=1S/C34H35N7O4S/c1-38-14-9-26-29(38)37-22-41(32(26)43)21-34(45)11-16-39(17-12-34)31(42)25-10-15-40(20-27(25)23-6-3-2-4-7-23)33(44)30-36-19-28(46-30)24-8-5-13-35-18-24/h2-9,13-14,18-19,22,25,27,45H,10-12,15-17,20-21H2,1H3/t25-,27+/m1/s1. The van der Waals surface area contributed by atoms with Crippen LogP contribution in [0.25, 0.3) is 21.5 Å². The predicted molar refractivity (Wildman–Crippen MR) is 174 cm³/mol. The Kier molecular flexibility index (Phi) is 7.99. The molecule has 7 rings (SSSR count). The quantitative estimate of drug-likeness (QED) is 0.302. The molecule has 46 heavy (non-hydrogen) atoms. The maximum atomic E-state index is 14.1. The topological polar surface area (TPSA) is 126 Å². The number of hydrogen-bond acceptors (Lipinski definition) is 8. The first-order valence-electron chi connectivity index (χ1n) is 15.5. The summed E-state index contributed by atoms with van der Waals surface area (Å²) in [6.45, 7) is 1.77. The molecule has 0 spiro atoms. The zero-order valence-corrected chi connectivity index (χ0v) is 26.3. The van der Waals surface area contributed by atoms with Crippen molar-refractivity contribution in [2.45, 2.75) is 37.3 Å². The van der Waals surface area contributed by atoms with Crippen molar-refractivity contribution < 1.29 is 14.7 Å². The monoisotopic (exact) mass is 637 g/mol. The first kappa shape index (κ1) is 30.0. The molecule has 11 nitrogen and oxygen atoms in total. The van der Waals surface area contributed by atoms with Crippen LogP contribution in [0, 0.1) is 5.92 Å². The van der Waals surface area contributed by atoms with Crippen LogP contribution in [0.4, 0.5) is 0 Å². The second kappa shape index (κ2) is 12.3. The Morgan fingerprint density at radius 2 is 1.80 bits per heavy atom. The van der Waals surface area contributed by atoms with Crippen LogP contribution >= 0.6 is 11.3 Å². The van der Waals surface area contributed by atoms with E-state index in [-0.39, 0.29) is 35.8 Å². The first-order chi connectivity index (χ1) is 22.3. The fourth-order valence-electron chi connectivity index (χ4n) is 6.77. The van der Waals surface area contributed by atoms with Gasteiger partial charge in [-0.3, -0.25) is 23.9 Å². The maximum absolute atomic E-state index is 14.1. The van der Waals surface area contributed by atoms with Crippen molar-refractivity contribution in [3.63, 3.8) is 0 Å². The van der Waals surface area contributed by atoms with Crippen LogP contribution in [0.3, 0.4) is 0 Å². The number of hydrogen-bond donors (Lipinski definition) is 1. The highest BCUT2D eigenvalue weighted by Crippen LogP contribution is 2.36. The van der Waals surface area contributed by atoms with Gasteiger partial charge in [-0.25, -0.2) is 9.97 Å². The van der Waals surface area contributed by atoms with Crippen LogP contribution in [0.15, 0.2) is 84.4 Å². The highest BCUT2D eigenvalue weighted by Gasteiger charge is 2.42. The van der Waals surface area contributed by atoms with Crippen LogP contribution in [0.1, 0.15) is 40.5 Å². The molecule has 0 radical (unpaired) electrons. The smallest absolute Gasteiger partial charge is 0.282 e. The molecule has 2 aliphatic rings. The number of benzene rings is 1. The van der Waals surface area contributed by atoms with Gasteiger partial charge in [-0.05, 0) is 37.0 Å². The van der Waals surface area contributed by atoms with E-state index in [1.54, 1.807) is 35.4 Å². The Hall–Kier alpha value is -4.68. The summed E-state index contributed by atoms with van der Waals surface area (Å²) in [6, 6.07) is 15.5. The highest BCUT2D eigenvalue weighted by atomic mass is 32.1. The molecule has 236 valence electrons. The van der Waals surface area contributed by atoms with Crippen LogP contribution in [0.2, 0.25) is 0 Å². The third-order valence-electron chi connectivity index (χ3n) is 9.40. The summed E-state index contributed by atoms with van der Waals surface area (Å²) in [6.07, 6.45) is 9.71. The number of pyridine rings is 1. The molecule has 6 heterocycles. The normalized spacial score (nSPS) is 19.8. The van der Waals surface area contributed by atoms with E-state index < -0.39 is 5.60 Å². The summed E-state index contributed by atoms with van der Waals surface area (Å²) in [4.78, 5) is 58.3. The molecular weight excluding hydrogens is 602 g/mol. The summed E-state index contributed by atoms with van der Waals surface area (Å²) in [7, 11) is 1.84. The molecule has 1 aromatic carbocycles. The van der Waals surface area contributed by atoms with Gasteiger partial charge in [0.1, 0.15) is 12.0 Å². The zero-order valence-electron chi connectivity index (χ0n) is 25.5. The first-order valence-corrected chi connectivity index (χ1v) is 16.3. The Morgan fingerprint density at radius 3 is 2.57 bits per heavy atom. The van der Waals surface area contributed by atoms with Crippen molar-refractivity contribution >= 4 is 34.2 Å². The van der Waals surface area contributed by atoms with E-state index in [0.29, 0.717) is 61.5 Å². The van der Waals surface area contributed by atoms with Gasteiger partial charge in [-0.15, -0.1) is 11.3 Å². The number of carbonyl (C=O) groups excluding carboxylic acids is 2. The number of fused-ring (bicyclic) bond motifs is 1. The van der Waals surface area contributed by atoms with Gasteiger partial charge >= 0.3 is 0 Å². The summed E-state index contributed by atoms with van der Waals surface area (Å²) in [5.74, 6) is -0.562. The van der Waals surface area contributed by atoms with E-state index in [2.05, 4.69) is 15.0 Å². The molecule has 4 aromatic heterocycles. The largest absolute Gasteiger partial charge is 0.388 e. The second-order valence-electron chi connectivity index (χ2n) is 12.3. The molecule has 2 saturated heterocycles. The molecule has 5 aromatic rings. The lowest BCUT2D eigenvalue weighted by Gasteiger charge is -2.43. The molecule has 2 fully saturated rings. The lowest BCUT2D eigenvalue weighted by molar-refractivity contribution is -0.142. The van der Waals surface area contributed by atoms with Crippen molar-refractivity contribution in [1.29, 1.82) is 0 Å². The van der Waals surface area contributed by atoms with Crippen molar-refractivity contribution in [2.75, 3.05) is 26.2 Å². The number of aromatic nitrogens is 5. The third-order valence-corrected chi connectivity index (χ3v) is 10.4. The Bertz CT molecular complexity index is 1930. The molecule has 1 N–H and O–H groups in total. The molecule has 0 bridgehead atoms. The summed E-state index contributed by atoms with van der Waals surface area (Å²) in [5, 5.41) is 12.4. The van der Waals surface area contributed by atoms with Gasteiger partial charge in [0.15, 0.2) is 5.01 Å². The zero-order chi connectivity index (χ0) is 31.8. The number of thiazole rings is 1. The van der Waals surface area contributed by atoms with E-state index in [1.807, 2.05) is 59.3 Å². The molecule has 2 amide bonds. The van der Waals surface area contributed by atoms with E-state index in [1.165, 1.54) is 22.2 Å². The lowest BCUT2D eigenvalue weighted by atomic mass is 9.79. The molecule has 12 heteroatoms. The fraction of sp³-hybridized carbons (Fsp3) is 0.353. The van der Waals surface area contributed by atoms with E-state index >= 15 is 0 Å². The van der Waals surface area contributed by atoms with Crippen LogP contribution in [0.5, 0.6) is 0 Å². The Balaban J connectivity index is 1.04. The fourth-order valence-corrected chi connectivity index (χ4v) is 7.64. The average Bonchev–Trinajstić information content (AvgIpc) is 3.74. The van der Waals surface area contributed by atoms with Crippen molar-refractivity contribution in [1.82, 2.24) is 33.9 Å². The van der Waals surface area contributed by atoms with Crippen molar-refractivity contribution in [3.05, 3.63) is 101 Å². The number of piperidine rings is 2. The minimum atomic E-state index is -1.12. The van der Waals surface area contributed by atoms with Gasteiger partial charge in [0.05, 0.1) is 22.4 Å². The van der Waals surface area contributed by atoms with Gasteiger partial charge in [-0.1, -0.05) is 36.4 Å². The van der Waals surface area contributed by atoms with E-state index in [0.717, 1.165) is 16.0 Å².